The van der Waals surface area contributed by atoms with Gasteiger partial charge in [0.25, 0.3) is 0 Å². The Morgan fingerprint density at radius 2 is 2.00 bits per heavy atom. The quantitative estimate of drug-likeness (QED) is 0.758. The highest BCUT2D eigenvalue weighted by Crippen LogP contribution is 2.35. The number of benzene rings is 1. The second-order valence-electron chi connectivity index (χ2n) is 5.50. The van der Waals surface area contributed by atoms with E-state index in [0.29, 0.717) is 0 Å². The van der Waals surface area contributed by atoms with Crippen molar-refractivity contribution in [2.24, 2.45) is 11.3 Å². The van der Waals surface area contributed by atoms with Crippen LogP contribution in [0, 0.1) is 11.3 Å². The van der Waals surface area contributed by atoms with Crippen LogP contribution in [0.15, 0.2) is 30.3 Å². The first-order valence-corrected chi connectivity index (χ1v) is 5.94. The molecule has 2 rings (SSSR count). The Morgan fingerprint density at radius 3 is 2.56 bits per heavy atom. The van der Waals surface area contributed by atoms with Gasteiger partial charge in [-0.15, -0.1) is 0 Å². The Labute approximate surface area is 97.3 Å². The summed E-state index contributed by atoms with van der Waals surface area (Å²) >= 11 is 0. The fourth-order valence-corrected chi connectivity index (χ4v) is 2.55. The molecule has 1 aromatic carbocycles. The summed E-state index contributed by atoms with van der Waals surface area (Å²) in [5, 5.41) is 0. The molecule has 0 aliphatic carbocycles. The van der Waals surface area contributed by atoms with E-state index in [-0.39, 0.29) is 18.0 Å². The minimum absolute atomic E-state index is 0.115. The van der Waals surface area contributed by atoms with Gasteiger partial charge in [0.05, 0.1) is 6.67 Å². The monoisotopic (exact) mass is 221 g/mol. The van der Waals surface area contributed by atoms with Crippen LogP contribution in [0.1, 0.15) is 19.4 Å². The number of rotatable bonds is 3. The van der Waals surface area contributed by atoms with Gasteiger partial charge in [-0.1, -0.05) is 44.2 Å². The largest absolute Gasteiger partial charge is 0.298 e. The number of likely N-dealkylation sites (tertiary alicyclic amines) is 1. The van der Waals surface area contributed by atoms with Gasteiger partial charge in [-0.2, -0.15) is 0 Å². The van der Waals surface area contributed by atoms with E-state index in [0.717, 1.165) is 19.6 Å². The maximum absolute atomic E-state index is 12.9. The lowest BCUT2D eigenvalue weighted by Gasteiger charge is -2.23. The van der Waals surface area contributed by atoms with Crippen LogP contribution in [0.4, 0.5) is 4.39 Å². The van der Waals surface area contributed by atoms with Crippen molar-refractivity contribution in [3.05, 3.63) is 35.9 Å². The van der Waals surface area contributed by atoms with Crippen LogP contribution >= 0.6 is 0 Å². The summed E-state index contributed by atoms with van der Waals surface area (Å²) in [5.41, 5.74) is 1.43. The number of hydrogen-bond donors (Lipinski definition) is 0. The molecule has 1 saturated heterocycles. The zero-order valence-electron chi connectivity index (χ0n) is 10.1. The maximum atomic E-state index is 12.9. The Hall–Kier alpha value is -0.890. The summed E-state index contributed by atoms with van der Waals surface area (Å²) in [6.45, 7) is 6.97. The van der Waals surface area contributed by atoms with E-state index in [4.69, 9.17) is 0 Å². The lowest BCUT2D eigenvalue weighted by atomic mass is 9.83. The Morgan fingerprint density at radius 1 is 1.31 bits per heavy atom. The molecule has 0 saturated carbocycles. The molecule has 1 aliphatic rings. The highest BCUT2D eigenvalue weighted by molar-refractivity contribution is 5.14. The van der Waals surface area contributed by atoms with Crippen molar-refractivity contribution in [1.29, 1.82) is 0 Å². The molecular weight excluding hydrogens is 201 g/mol. The predicted octanol–water partition coefficient (Wildman–Crippen LogP) is 3.11. The first-order valence-electron chi connectivity index (χ1n) is 5.94. The van der Waals surface area contributed by atoms with Crippen molar-refractivity contribution in [3.63, 3.8) is 0 Å². The molecule has 0 unspecified atom stereocenters. The van der Waals surface area contributed by atoms with Crippen LogP contribution < -0.4 is 0 Å². The summed E-state index contributed by atoms with van der Waals surface area (Å²) in [6.07, 6.45) is 0. The molecule has 0 bridgehead atoms. The van der Waals surface area contributed by atoms with E-state index in [9.17, 15) is 4.39 Å². The van der Waals surface area contributed by atoms with Gasteiger partial charge in [-0.3, -0.25) is 9.29 Å². The van der Waals surface area contributed by atoms with Crippen LogP contribution in [0.25, 0.3) is 0 Å². The molecule has 2 heteroatoms. The molecule has 88 valence electrons. The third-order valence-electron chi connectivity index (χ3n) is 3.65. The molecule has 0 N–H and O–H groups in total. The van der Waals surface area contributed by atoms with Gasteiger partial charge in [-0.05, 0) is 11.0 Å². The van der Waals surface area contributed by atoms with Crippen molar-refractivity contribution in [1.82, 2.24) is 4.90 Å². The van der Waals surface area contributed by atoms with Crippen molar-refractivity contribution in [3.8, 4) is 0 Å². The topological polar surface area (TPSA) is 3.24 Å². The molecule has 0 aromatic heterocycles. The normalized spacial score (nSPS) is 24.8. The number of nitrogens with zero attached hydrogens (tertiary/aromatic N) is 1. The fourth-order valence-electron chi connectivity index (χ4n) is 2.55. The first kappa shape index (κ1) is 11.6. The van der Waals surface area contributed by atoms with Crippen molar-refractivity contribution < 1.29 is 4.39 Å². The third kappa shape index (κ3) is 2.43. The Bertz CT molecular complexity index is 334. The van der Waals surface area contributed by atoms with Crippen LogP contribution in [-0.4, -0.2) is 24.7 Å². The molecule has 0 amide bonds. The van der Waals surface area contributed by atoms with E-state index in [1.807, 2.05) is 6.07 Å². The molecular formula is C14H20FN. The molecule has 16 heavy (non-hydrogen) atoms. The maximum Gasteiger partial charge on any atom is 0.0940 e. The summed E-state index contributed by atoms with van der Waals surface area (Å²) in [5.74, 6) is 0.191. The summed E-state index contributed by atoms with van der Waals surface area (Å²) in [6, 6.07) is 10.4. The summed E-state index contributed by atoms with van der Waals surface area (Å²) in [7, 11) is 0. The molecule has 1 aromatic rings. The molecule has 0 radical (unpaired) electrons. The second-order valence-corrected chi connectivity index (χ2v) is 5.50. The summed E-state index contributed by atoms with van der Waals surface area (Å²) < 4.78 is 12.9. The van der Waals surface area contributed by atoms with Gasteiger partial charge in [-0.25, -0.2) is 0 Å². The zero-order valence-corrected chi connectivity index (χ0v) is 10.1. The van der Waals surface area contributed by atoms with Crippen LogP contribution in [0.2, 0.25) is 0 Å². The van der Waals surface area contributed by atoms with Gasteiger partial charge in [0.2, 0.25) is 0 Å². The molecule has 1 nitrogen and oxygen atoms in total. The number of hydrogen-bond acceptors (Lipinski definition) is 1. The van der Waals surface area contributed by atoms with E-state index in [1.165, 1.54) is 5.56 Å². The van der Waals surface area contributed by atoms with E-state index < -0.39 is 0 Å². The van der Waals surface area contributed by atoms with E-state index in [2.05, 4.69) is 43.0 Å². The van der Waals surface area contributed by atoms with Crippen molar-refractivity contribution >= 4 is 0 Å². The smallest absolute Gasteiger partial charge is 0.0940 e. The average Bonchev–Trinajstić information content (AvgIpc) is 2.54. The molecule has 0 spiro atoms. The standard InChI is InChI=1S/C14H20FN/c1-14(2)11-16(10-13(14)8-15)9-12-6-4-3-5-7-12/h3-7,13H,8-11H2,1-2H3/t13-/m1/s1. The Balaban J connectivity index is 1.99. The van der Waals surface area contributed by atoms with E-state index in [1.54, 1.807) is 0 Å². The number of alkyl halides is 1. The molecule has 1 heterocycles. The van der Waals surface area contributed by atoms with Gasteiger partial charge in [0, 0.05) is 25.6 Å². The predicted molar refractivity (Wildman–Crippen MR) is 65.0 cm³/mol. The third-order valence-corrected chi connectivity index (χ3v) is 3.65. The Kier molecular flexibility index (Phi) is 3.29. The fraction of sp³-hybridized carbons (Fsp3) is 0.571. The SMILES string of the molecule is CC1(C)CN(Cc2ccccc2)C[C@H]1CF. The minimum Gasteiger partial charge on any atom is -0.298 e. The first-order chi connectivity index (χ1) is 7.62. The van der Waals surface area contributed by atoms with Gasteiger partial charge in [0.15, 0.2) is 0 Å². The van der Waals surface area contributed by atoms with Gasteiger partial charge < -0.3 is 0 Å². The average molecular weight is 221 g/mol. The van der Waals surface area contributed by atoms with Crippen LogP contribution in [-0.2, 0) is 6.54 Å². The highest BCUT2D eigenvalue weighted by Gasteiger charge is 2.38. The zero-order chi connectivity index (χ0) is 11.6. The highest BCUT2D eigenvalue weighted by atomic mass is 19.1. The summed E-state index contributed by atoms with van der Waals surface area (Å²) in [4.78, 5) is 2.36. The minimum atomic E-state index is -0.196. The van der Waals surface area contributed by atoms with Crippen LogP contribution in [0.5, 0.6) is 0 Å². The lowest BCUT2D eigenvalue weighted by Crippen LogP contribution is -2.24. The van der Waals surface area contributed by atoms with Crippen molar-refractivity contribution in [2.75, 3.05) is 19.8 Å². The lowest BCUT2D eigenvalue weighted by molar-refractivity contribution is 0.231. The molecule has 1 atom stereocenters. The van der Waals surface area contributed by atoms with E-state index >= 15 is 0 Å². The molecule has 1 aliphatic heterocycles. The van der Waals surface area contributed by atoms with Gasteiger partial charge in [0.1, 0.15) is 0 Å². The second kappa shape index (κ2) is 4.54. The van der Waals surface area contributed by atoms with Gasteiger partial charge >= 0.3 is 0 Å². The molecule has 1 fully saturated rings. The van der Waals surface area contributed by atoms with Crippen LogP contribution in [0.3, 0.4) is 0 Å². The number of halogens is 1. The van der Waals surface area contributed by atoms with Crippen molar-refractivity contribution in [2.45, 2.75) is 20.4 Å².